The van der Waals surface area contributed by atoms with Gasteiger partial charge < -0.3 is 10.0 Å². The van der Waals surface area contributed by atoms with E-state index >= 15 is 0 Å². The van der Waals surface area contributed by atoms with Crippen molar-refractivity contribution in [3.63, 3.8) is 0 Å². The lowest BCUT2D eigenvalue weighted by Gasteiger charge is -2.09. The highest BCUT2D eigenvalue weighted by atomic mass is 32.1. The molecule has 0 atom stereocenters. The van der Waals surface area contributed by atoms with Crippen LogP contribution < -0.4 is 10.0 Å². The maximum Gasteiger partial charge on any atom is 0.416 e. The first kappa shape index (κ1) is 12.1. The Bertz CT molecular complexity index is 348. The highest BCUT2D eigenvalue weighted by Crippen LogP contribution is 2.29. The second kappa shape index (κ2) is 4.71. The minimum atomic E-state index is -4.32. The summed E-state index contributed by atoms with van der Waals surface area (Å²) in [7, 11) is 0. The zero-order valence-corrected chi connectivity index (χ0v) is 9.01. The lowest BCUT2D eigenvalue weighted by molar-refractivity contribution is -0.137. The number of halogens is 3. The number of hydrogen-bond acceptors (Lipinski definition) is 2. The minimum Gasteiger partial charge on any atom is -0.332 e. The fourth-order valence-electron chi connectivity index (χ4n) is 0.902. The molecule has 0 amide bonds. The lowest BCUT2D eigenvalue weighted by atomic mass is 10.2. The van der Waals surface area contributed by atoms with E-state index in [1.165, 1.54) is 12.1 Å². The zero-order chi connectivity index (χ0) is 11.5. The maximum absolute atomic E-state index is 12.2. The van der Waals surface area contributed by atoms with Gasteiger partial charge in [-0.05, 0) is 36.5 Å². The molecule has 0 unspecified atom stereocenters. The smallest absolute Gasteiger partial charge is 0.332 e. The Labute approximate surface area is 95.4 Å². The molecule has 2 nitrogen and oxygen atoms in total. The van der Waals surface area contributed by atoms with Gasteiger partial charge in [-0.1, -0.05) is 12.8 Å². The van der Waals surface area contributed by atoms with Crippen LogP contribution in [0, 0.1) is 0 Å². The van der Waals surface area contributed by atoms with Crippen molar-refractivity contribution >= 4 is 35.8 Å². The van der Waals surface area contributed by atoms with Crippen LogP contribution in [0.3, 0.4) is 0 Å². The molecular weight excluding hydrogens is 245 g/mol. The van der Waals surface area contributed by atoms with E-state index in [1.807, 2.05) is 0 Å². The van der Waals surface area contributed by atoms with E-state index in [0.717, 1.165) is 12.1 Å². The molecule has 82 valence electrons. The topological polar surface area (TPSA) is 24.1 Å². The summed E-state index contributed by atoms with van der Waals surface area (Å²) in [4.78, 5) is 0. The fraction of sp³-hybridized carbons (Fsp3) is 0.125. The third-order valence-electron chi connectivity index (χ3n) is 1.57. The molecule has 0 saturated carbocycles. The van der Waals surface area contributed by atoms with Gasteiger partial charge in [0.25, 0.3) is 0 Å². The third kappa shape index (κ3) is 3.60. The van der Waals surface area contributed by atoms with Gasteiger partial charge in [-0.15, -0.1) is 0 Å². The molecule has 0 radical (unpaired) electrons. The maximum atomic E-state index is 12.2. The van der Waals surface area contributed by atoms with Gasteiger partial charge in [0.1, 0.15) is 0 Å². The molecule has 2 N–H and O–H groups in total. The van der Waals surface area contributed by atoms with Crippen LogP contribution in [0.15, 0.2) is 24.3 Å². The summed E-state index contributed by atoms with van der Waals surface area (Å²) in [5, 5.41) is 2.87. The predicted octanol–water partition coefficient (Wildman–Crippen LogP) is 2.84. The van der Waals surface area contributed by atoms with Crippen LogP contribution in [-0.2, 0) is 6.18 Å². The summed E-state index contributed by atoms with van der Waals surface area (Å²) in [6.45, 7) is 0. The largest absolute Gasteiger partial charge is 0.416 e. The standard InChI is InChI=1S/C8H7F3N2S2/c9-8(10,11)5-1-3-6(4-2-5)12-7(14)13-15/h1-4,15H,(H2,12,13,14). The van der Waals surface area contributed by atoms with E-state index in [1.54, 1.807) is 0 Å². The Hall–Kier alpha value is -0.950. The molecule has 15 heavy (non-hydrogen) atoms. The number of nitrogens with one attached hydrogen (secondary N) is 2. The SMILES string of the molecule is FC(F)(F)c1ccc(NC(=S)NS)cc1. The average molecular weight is 252 g/mol. The Kier molecular flexibility index (Phi) is 3.81. The highest BCUT2D eigenvalue weighted by molar-refractivity contribution is 7.84. The molecular formula is C8H7F3N2S2. The Balaban J connectivity index is 2.77. The second-order valence-electron chi connectivity index (χ2n) is 2.64. The number of alkyl halides is 3. The number of rotatable bonds is 1. The van der Waals surface area contributed by atoms with Crippen LogP contribution in [0.4, 0.5) is 18.9 Å². The van der Waals surface area contributed by atoms with Crippen molar-refractivity contribution in [2.75, 3.05) is 5.32 Å². The van der Waals surface area contributed by atoms with E-state index in [0.29, 0.717) is 5.69 Å². The molecule has 0 bridgehead atoms. The van der Waals surface area contributed by atoms with Gasteiger partial charge in [0.05, 0.1) is 5.56 Å². The molecule has 1 rings (SSSR count). The first-order valence-electron chi connectivity index (χ1n) is 3.82. The van der Waals surface area contributed by atoms with E-state index in [2.05, 4.69) is 22.9 Å². The number of hydrogen-bond donors (Lipinski definition) is 3. The second-order valence-corrected chi connectivity index (χ2v) is 3.27. The molecule has 0 aliphatic rings. The average Bonchev–Trinajstić information content (AvgIpc) is 2.17. The van der Waals surface area contributed by atoms with Gasteiger partial charge in [-0.25, -0.2) is 0 Å². The van der Waals surface area contributed by atoms with Gasteiger partial charge in [-0.2, -0.15) is 13.2 Å². The van der Waals surface area contributed by atoms with Gasteiger partial charge >= 0.3 is 6.18 Å². The first-order chi connectivity index (χ1) is 6.93. The molecule has 0 spiro atoms. The summed E-state index contributed by atoms with van der Waals surface area (Å²) in [5.74, 6) is 0. The molecule has 0 aliphatic carbocycles. The molecule has 1 aromatic carbocycles. The number of thiol groups is 1. The number of benzene rings is 1. The van der Waals surface area contributed by atoms with Gasteiger partial charge in [0.15, 0.2) is 5.11 Å². The van der Waals surface area contributed by atoms with Crippen molar-refractivity contribution in [3.8, 4) is 0 Å². The summed E-state index contributed by atoms with van der Waals surface area (Å²) in [5.41, 5.74) is -0.229. The number of thiocarbonyl (C=S) groups is 1. The van der Waals surface area contributed by atoms with Gasteiger partial charge in [0, 0.05) is 5.69 Å². The molecule has 0 saturated heterocycles. The van der Waals surface area contributed by atoms with Crippen molar-refractivity contribution in [2.45, 2.75) is 6.18 Å². The van der Waals surface area contributed by atoms with Crippen molar-refractivity contribution in [3.05, 3.63) is 29.8 Å². The molecule has 7 heteroatoms. The van der Waals surface area contributed by atoms with Gasteiger partial charge in [-0.3, -0.25) is 0 Å². The quantitative estimate of drug-likeness (QED) is 0.529. The monoisotopic (exact) mass is 252 g/mol. The van der Waals surface area contributed by atoms with Crippen LogP contribution in [-0.4, -0.2) is 5.11 Å². The number of anilines is 1. The van der Waals surface area contributed by atoms with E-state index in [4.69, 9.17) is 12.2 Å². The molecule has 1 aromatic rings. The van der Waals surface area contributed by atoms with Crippen molar-refractivity contribution in [1.29, 1.82) is 0 Å². The highest BCUT2D eigenvalue weighted by Gasteiger charge is 2.29. The first-order valence-corrected chi connectivity index (χ1v) is 4.67. The summed E-state index contributed by atoms with van der Waals surface area (Å²) >= 11 is 8.40. The molecule has 0 heterocycles. The lowest BCUT2D eigenvalue weighted by Crippen LogP contribution is -2.20. The zero-order valence-electron chi connectivity index (χ0n) is 7.30. The summed E-state index contributed by atoms with van der Waals surface area (Å²) < 4.78 is 38.9. The van der Waals surface area contributed by atoms with E-state index < -0.39 is 11.7 Å². The van der Waals surface area contributed by atoms with Crippen LogP contribution >= 0.6 is 25.0 Å². The van der Waals surface area contributed by atoms with Crippen LogP contribution in [0.5, 0.6) is 0 Å². The molecule has 0 aliphatic heterocycles. The van der Waals surface area contributed by atoms with Crippen molar-refractivity contribution in [2.24, 2.45) is 0 Å². The molecule has 0 aromatic heterocycles. The Morgan fingerprint density at radius 1 is 1.20 bits per heavy atom. The van der Waals surface area contributed by atoms with Crippen molar-refractivity contribution in [1.82, 2.24) is 4.72 Å². The molecule has 0 fully saturated rings. The predicted molar refractivity (Wildman–Crippen MR) is 59.8 cm³/mol. The fourth-order valence-corrected chi connectivity index (χ4v) is 1.08. The summed E-state index contributed by atoms with van der Waals surface area (Å²) in [6, 6.07) is 4.54. The summed E-state index contributed by atoms with van der Waals surface area (Å²) in [6.07, 6.45) is -4.32. The minimum absolute atomic E-state index is 0.220. The van der Waals surface area contributed by atoms with E-state index in [-0.39, 0.29) is 5.11 Å². The normalized spacial score (nSPS) is 10.9. The van der Waals surface area contributed by atoms with Crippen LogP contribution in [0.1, 0.15) is 5.56 Å². The van der Waals surface area contributed by atoms with Crippen LogP contribution in [0.2, 0.25) is 0 Å². The van der Waals surface area contributed by atoms with Crippen LogP contribution in [0.25, 0.3) is 0 Å². The van der Waals surface area contributed by atoms with E-state index in [9.17, 15) is 13.2 Å². The third-order valence-corrected chi connectivity index (χ3v) is 2.15. The Morgan fingerprint density at radius 2 is 1.73 bits per heavy atom. The van der Waals surface area contributed by atoms with Crippen molar-refractivity contribution < 1.29 is 13.2 Å². The van der Waals surface area contributed by atoms with Gasteiger partial charge in [0.2, 0.25) is 0 Å². The Morgan fingerprint density at radius 3 is 2.13 bits per heavy atom.